The fourth-order valence-corrected chi connectivity index (χ4v) is 2.65. The largest absolute Gasteiger partial charge is 0.310 e. The van der Waals surface area contributed by atoms with Gasteiger partial charge in [0.05, 0.1) is 0 Å². The van der Waals surface area contributed by atoms with Crippen molar-refractivity contribution in [2.45, 2.75) is 26.4 Å². The van der Waals surface area contributed by atoms with E-state index < -0.39 is 0 Å². The summed E-state index contributed by atoms with van der Waals surface area (Å²) in [6.07, 6.45) is 0. The Balaban J connectivity index is 2.01. The number of fused-ring (bicyclic) bond motifs is 1. The summed E-state index contributed by atoms with van der Waals surface area (Å²) in [5, 5.41) is 6.08. The average Bonchev–Trinajstić information content (AvgIpc) is 2.52. The van der Waals surface area contributed by atoms with Crippen molar-refractivity contribution in [2.75, 3.05) is 0 Å². The molecule has 1 nitrogen and oxygen atoms in total. The van der Waals surface area contributed by atoms with Crippen LogP contribution in [0.4, 0.5) is 0 Å². The van der Waals surface area contributed by atoms with Crippen LogP contribution in [0.3, 0.4) is 0 Å². The van der Waals surface area contributed by atoms with Crippen LogP contribution >= 0.6 is 0 Å². The van der Waals surface area contributed by atoms with E-state index in [-0.39, 0.29) is 0 Å². The second kappa shape index (κ2) is 6.11. The molecule has 106 valence electrons. The molecule has 0 aromatic heterocycles. The van der Waals surface area contributed by atoms with Crippen molar-refractivity contribution in [3.05, 3.63) is 72.3 Å². The molecule has 0 bridgehead atoms. The normalized spacial score (nSPS) is 11.2. The highest BCUT2D eigenvalue weighted by atomic mass is 14.9. The van der Waals surface area contributed by atoms with E-state index in [2.05, 4.69) is 85.9 Å². The van der Waals surface area contributed by atoms with Crippen LogP contribution in [0.5, 0.6) is 0 Å². The SMILES string of the molecule is CC(C)NCc1cccc(-c2cccc3ccccc23)c1. The van der Waals surface area contributed by atoms with Crippen LogP contribution in [0.2, 0.25) is 0 Å². The summed E-state index contributed by atoms with van der Waals surface area (Å²) in [4.78, 5) is 0. The Bertz CT molecular complexity index is 738. The molecule has 1 heteroatoms. The van der Waals surface area contributed by atoms with Crippen molar-refractivity contribution in [1.29, 1.82) is 0 Å². The van der Waals surface area contributed by atoms with Crippen molar-refractivity contribution in [3.63, 3.8) is 0 Å². The third-order valence-electron chi connectivity index (χ3n) is 3.74. The molecule has 0 aliphatic carbocycles. The average molecular weight is 275 g/mol. The van der Waals surface area contributed by atoms with Crippen LogP contribution in [0.25, 0.3) is 21.9 Å². The second-order valence-corrected chi connectivity index (χ2v) is 5.76. The van der Waals surface area contributed by atoms with Crippen molar-refractivity contribution in [1.82, 2.24) is 5.32 Å². The molecule has 21 heavy (non-hydrogen) atoms. The highest BCUT2D eigenvalue weighted by molar-refractivity contribution is 5.96. The lowest BCUT2D eigenvalue weighted by Gasteiger charge is -2.11. The van der Waals surface area contributed by atoms with Crippen LogP contribution < -0.4 is 5.32 Å². The van der Waals surface area contributed by atoms with Gasteiger partial charge in [-0.05, 0) is 33.5 Å². The third-order valence-corrected chi connectivity index (χ3v) is 3.74. The molecule has 0 amide bonds. The molecule has 0 aliphatic heterocycles. The summed E-state index contributed by atoms with van der Waals surface area (Å²) in [6.45, 7) is 5.26. The minimum Gasteiger partial charge on any atom is -0.310 e. The van der Waals surface area contributed by atoms with Crippen LogP contribution in [0.15, 0.2) is 66.7 Å². The maximum Gasteiger partial charge on any atom is 0.0208 e. The standard InChI is InChI=1S/C20H21N/c1-15(2)21-14-16-7-5-10-18(13-16)20-12-6-9-17-8-3-4-11-19(17)20/h3-13,15,21H,14H2,1-2H3. The molecule has 0 atom stereocenters. The Morgan fingerprint density at radius 3 is 2.48 bits per heavy atom. The van der Waals surface area contributed by atoms with Gasteiger partial charge in [0.2, 0.25) is 0 Å². The van der Waals surface area contributed by atoms with Gasteiger partial charge in [-0.3, -0.25) is 0 Å². The molecule has 0 unspecified atom stereocenters. The Morgan fingerprint density at radius 1 is 0.857 bits per heavy atom. The molecule has 0 fully saturated rings. The zero-order valence-electron chi connectivity index (χ0n) is 12.6. The van der Waals surface area contributed by atoms with Gasteiger partial charge in [0, 0.05) is 12.6 Å². The predicted molar refractivity (Wildman–Crippen MR) is 91.4 cm³/mol. The highest BCUT2D eigenvalue weighted by Gasteiger charge is 2.04. The summed E-state index contributed by atoms with van der Waals surface area (Å²) in [5.41, 5.74) is 3.92. The first-order chi connectivity index (χ1) is 10.2. The first kappa shape index (κ1) is 13.8. The number of hydrogen-bond acceptors (Lipinski definition) is 1. The lowest BCUT2D eigenvalue weighted by molar-refractivity contribution is 0.589. The molecular weight excluding hydrogens is 254 g/mol. The van der Waals surface area contributed by atoms with Crippen LogP contribution in [0.1, 0.15) is 19.4 Å². The van der Waals surface area contributed by atoms with Gasteiger partial charge in [0.1, 0.15) is 0 Å². The molecule has 3 aromatic carbocycles. The van der Waals surface area contributed by atoms with Crippen molar-refractivity contribution < 1.29 is 0 Å². The Kier molecular flexibility index (Phi) is 4.03. The highest BCUT2D eigenvalue weighted by Crippen LogP contribution is 2.28. The molecule has 0 radical (unpaired) electrons. The van der Waals surface area contributed by atoms with Gasteiger partial charge >= 0.3 is 0 Å². The van der Waals surface area contributed by atoms with E-state index in [9.17, 15) is 0 Å². The predicted octanol–water partition coefficient (Wildman–Crippen LogP) is 5.00. The van der Waals surface area contributed by atoms with E-state index in [1.54, 1.807) is 0 Å². The van der Waals surface area contributed by atoms with E-state index >= 15 is 0 Å². The van der Waals surface area contributed by atoms with E-state index in [0.717, 1.165) is 6.54 Å². The number of benzene rings is 3. The fourth-order valence-electron chi connectivity index (χ4n) is 2.65. The van der Waals surface area contributed by atoms with Crippen LogP contribution in [0, 0.1) is 0 Å². The Morgan fingerprint density at radius 2 is 1.62 bits per heavy atom. The van der Waals surface area contributed by atoms with Crippen molar-refractivity contribution in [2.24, 2.45) is 0 Å². The van der Waals surface area contributed by atoms with Crippen molar-refractivity contribution in [3.8, 4) is 11.1 Å². The monoisotopic (exact) mass is 275 g/mol. The topological polar surface area (TPSA) is 12.0 Å². The number of nitrogens with one attached hydrogen (secondary N) is 1. The van der Waals surface area contributed by atoms with Gasteiger partial charge in [-0.25, -0.2) is 0 Å². The van der Waals surface area contributed by atoms with Gasteiger partial charge in [-0.1, -0.05) is 74.5 Å². The molecule has 0 aliphatic rings. The van der Waals surface area contributed by atoms with Gasteiger partial charge < -0.3 is 5.32 Å². The first-order valence-electron chi connectivity index (χ1n) is 7.54. The zero-order chi connectivity index (χ0) is 14.7. The number of rotatable bonds is 4. The summed E-state index contributed by atoms with van der Waals surface area (Å²) >= 11 is 0. The molecule has 0 heterocycles. The first-order valence-corrected chi connectivity index (χ1v) is 7.54. The fraction of sp³-hybridized carbons (Fsp3) is 0.200. The molecule has 0 spiro atoms. The van der Waals surface area contributed by atoms with Gasteiger partial charge in [-0.15, -0.1) is 0 Å². The quantitative estimate of drug-likeness (QED) is 0.706. The summed E-state index contributed by atoms with van der Waals surface area (Å²) in [5.74, 6) is 0. The van der Waals surface area contributed by atoms with Crippen LogP contribution in [-0.2, 0) is 6.54 Å². The Hall–Kier alpha value is -2.12. The summed E-state index contributed by atoms with van der Waals surface area (Å²) in [7, 11) is 0. The Labute approximate surface area is 126 Å². The third kappa shape index (κ3) is 3.14. The second-order valence-electron chi connectivity index (χ2n) is 5.76. The minimum atomic E-state index is 0.506. The molecule has 1 N–H and O–H groups in total. The molecule has 3 aromatic rings. The van der Waals surface area contributed by atoms with Crippen LogP contribution in [-0.4, -0.2) is 6.04 Å². The van der Waals surface area contributed by atoms with Gasteiger partial charge in [-0.2, -0.15) is 0 Å². The molecule has 3 rings (SSSR count). The summed E-state index contributed by atoms with van der Waals surface area (Å²) in [6, 6.07) is 24.4. The number of hydrogen-bond donors (Lipinski definition) is 1. The smallest absolute Gasteiger partial charge is 0.0208 e. The minimum absolute atomic E-state index is 0.506. The van der Waals surface area contributed by atoms with Gasteiger partial charge in [0.25, 0.3) is 0 Å². The lowest BCUT2D eigenvalue weighted by atomic mass is 9.97. The van der Waals surface area contributed by atoms with E-state index in [0.29, 0.717) is 6.04 Å². The van der Waals surface area contributed by atoms with Gasteiger partial charge in [0.15, 0.2) is 0 Å². The maximum atomic E-state index is 3.48. The van der Waals surface area contributed by atoms with Crippen molar-refractivity contribution >= 4 is 10.8 Å². The lowest BCUT2D eigenvalue weighted by Crippen LogP contribution is -2.21. The molecule has 0 saturated carbocycles. The van der Waals surface area contributed by atoms with E-state index in [1.807, 2.05) is 0 Å². The summed E-state index contributed by atoms with van der Waals surface area (Å²) < 4.78 is 0. The molecule has 0 saturated heterocycles. The maximum absolute atomic E-state index is 3.48. The van der Waals surface area contributed by atoms with E-state index in [1.165, 1.54) is 27.5 Å². The zero-order valence-corrected chi connectivity index (χ0v) is 12.6. The molecular formula is C20H21N. The van der Waals surface area contributed by atoms with E-state index in [4.69, 9.17) is 0 Å².